The summed E-state index contributed by atoms with van der Waals surface area (Å²) in [4.78, 5) is 39.1. The average Bonchev–Trinajstić information content (AvgIpc) is 3.14. The molecule has 0 fully saturated rings. The van der Waals surface area contributed by atoms with Crippen LogP contribution in [-0.4, -0.2) is 39.2 Å². The van der Waals surface area contributed by atoms with Gasteiger partial charge < -0.3 is 29.7 Å². The Hall–Kier alpha value is -4.27. The lowest BCUT2D eigenvalue weighted by atomic mass is 10.0. The molecule has 4 N–H and O–H groups in total. The van der Waals surface area contributed by atoms with E-state index in [-0.39, 0.29) is 12.2 Å². The first-order valence-electron chi connectivity index (χ1n) is 10.2. The monoisotopic (exact) mass is 450 g/mol. The van der Waals surface area contributed by atoms with Gasteiger partial charge in [-0.1, -0.05) is 0 Å². The number of fused-ring (bicyclic) bond motifs is 2. The number of carboxylic acids is 1. The van der Waals surface area contributed by atoms with Gasteiger partial charge in [-0.2, -0.15) is 0 Å². The van der Waals surface area contributed by atoms with Gasteiger partial charge in [-0.25, -0.2) is 9.59 Å². The summed E-state index contributed by atoms with van der Waals surface area (Å²) in [5, 5.41) is 23.3. The van der Waals surface area contributed by atoms with Crippen LogP contribution in [0.2, 0.25) is 0 Å². The van der Waals surface area contributed by atoms with Crippen LogP contribution in [0.5, 0.6) is 11.5 Å². The molecule has 0 spiro atoms. The van der Waals surface area contributed by atoms with Crippen LogP contribution in [0.15, 0.2) is 57.9 Å². The quantitative estimate of drug-likeness (QED) is 0.317. The van der Waals surface area contributed by atoms with Crippen molar-refractivity contribution in [2.45, 2.75) is 32.4 Å². The summed E-state index contributed by atoms with van der Waals surface area (Å²) in [5.41, 5.74) is 1.98. The first-order valence-corrected chi connectivity index (χ1v) is 10.2. The van der Waals surface area contributed by atoms with E-state index in [1.807, 2.05) is 0 Å². The summed E-state index contributed by atoms with van der Waals surface area (Å²) in [6.45, 7) is 3.28. The minimum atomic E-state index is -1.21. The topological polar surface area (TPSA) is 142 Å². The van der Waals surface area contributed by atoms with Gasteiger partial charge in [-0.05, 0) is 55.3 Å². The van der Waals surface area contributed by atoms with E-state index in [2.05, 4.69) is 10.3 Å². The molecule has 2 aromatic heterocycles. The Labute approximate surface area is 187 Å². The maximum atomic E-state index is 12.7. The first kappa shape index (κ1) is 21.9. The molecule has 9 nitrogen and oxygen atoms in total. The molecule has 4 aromatic rings. The van der Waals surface area contributed by atoms with Crippen molar-refractivity contribution in [1.82, 2.24) is 10.3 Å². The smallest absolute Gasteiger partial charge is 0.336 e. The van der Waals surface area contributed by atoms with Gasteiger partial charge in [0.1, 0.15) is 23.1 Å². The Morgan fingerprint density at radius 3 is 2.70 bits per heavy atom. The Bertz CT molecular complexity index is 1420. The van der Waals surface area contributed by atoms with Gasteiger partial charge in [0, 0.05) is 41.0 Å². The summed E-state index contributed by atoms with van der Waals surface area (Å²) < 4.78 is 10.8. The minimum absolute atomic E-state index is 0.0116. The number of hydrogen-bond donors (Lipinski definition) is 4. The van der Waals surface area contributed by atoms with E-state index in [0.29, 0.717) is 22.3 Å². The molecule has 2 atom stereocenters. The fourth-order valence-corrected chi connectivity index (χ4v) is 3.68. The van der Waals surface area contributed by atoms with Crippen LogP contribution >= 0.6 is 0 Å². The Balaban J connectivity index is 1.48. The van der Waals surface area contributed by atoms with E-state index in [4.69, 9.17) is 9.15 Å². The van der Waals surface area contributed by atoms with Gasteiger partial charge in [0.25, 0.3) is 5.91 Å². The third-order valence-corrected chi connectivity index (χ3v) is 5.39. The molecule has 0 unspecified atom stereocenters. The van der Waals surface area contributed by atoms with E-state index in [1.165, 1.54) is 31.2 Å². The molecule has 33 heavy (non-hydrogen) atoms. The normalized spacial score (nSPS) is 13.0. The second-order valence-corrected chi connectivity index (χ2v) is 7.81. The van der Waals surface area contributed by atoms with Gasteiger partial charge >= 0.3 is 11.6 Å². The number of phenolic OH excluding ortho intramolecular Hbond substituents is 1. The van der Waals surface area contributed by atoms with Gasteiger partial charge in [-0.3, -0.25) is 4.79 Å². The van der Waals surface area contributed by atoms with Crippen LogP contribution in [-0.2, 0) is 16.0 Å². The van der Waals surface area contributed by atoms with Crippen molar-refractivity contribution in [3.05, 3.63) is 70.2 Å². The van der Waals surface area contributed by atoms with Crippen molar-refractivity contribution in [2.75, 3.05) is 0 Å². The molecule has 0 bridgehead atoms. The highest BCUT2D eigenvalue weighted by Gasteiger charge is 2.25. The lowest BCUT2D eigenvalue weighted by Crippen LogP contribution is -2.47. The van der Waals surface area contributed by atoms with E-state index in [0.717, 1.165) is 16.5 Å². The molecule has 0 saturated heterocycles. The predicted octanol–water partition coefficient (Wildman–Crippen LogP) is 2.87. The number of aliphatic carboxylic acids is 1. The van der Waals surface area contributed by atoms with Crippen LogP contribution in [0.25, 0.3) is 21.9 Å². The number of H-pyrrole nitrogens is 1. The highest BCUT2D eigenvalue weighted by atomic mass is 16.5. The number of rotatable bonds is 7. The largest absolute Gasteiger partial charge is 0.508 e. The molecule has 2 aromatic carbocycles. The van der Waals surface area contributed by atoms with Gasteiger partial charge in [-0.15, -0.1) is 0 Å². The van der Waals surface area contributed by atoms with Crippen molar-refractivity contribution in [2.24, 2.45) is 0 Å². The van der Waals surface area contributed by atoms with Crippen molar-refractivity contribution in [3.63, 3.8) is 0 Å². The zero-order valence-electron chi connectivity index (χ0n) is 17.9. The van der Waals surface area contributed by atoms with Crippen molar-refractivity contribution >= 4 is 33.7 Å². The zero-order chi connectivity index (χ0) is 23.7. The zero-order valence-corrected chi connectivity index (χ0v) is 17.9. The molecule has 0 saturated carbocycles. The third-order valence-electron chi connectivity index (χ3n) is 5.39. The number of aromatic amines is 1. The summed E-state index contributed by atoms with van der Waals surface area (Å²) in [5.74, 6) is -1.45. The molecule has 0 aliphatic rings. The summed E-state index contributed by atoms with van der Waals surface area (Å²) >= 11 is 0. The maximum Gasteiger partial charge on any atom is 0.336 e. The number of benzene rings is 2. The SMILES string of the molecule is Cc1cc(=O)oc2cc(O[C@H](C)C(=O)N[C@H](Cc3c[nH]c4ccc(O)cc34)C(=O)O)ccc12. The maximum absolute atomic E-state index is 12.7. The lowest BCUT2D eigenvalue weighted by molar-refractivity contribution is -0.142. The fraction of sp³-hybridized carbons (Fsp3) is 0.208. The molecule has 9 heteroatoms. The number of carboxylic acid groups (broad SMARTS) is 1. The number of carbonyl (C=O) groups excluding carboxylic acids is 1. The highest BCUT2D eigenvalue weighted by molar-refractivity contribution is 5.89. The lowest BCUT2D eigenvalue weighted by Gasteiger charge is -2.19. The fourth-order valence-electron chi connectivity index (χ4n) is 3.68. The van der Waals surface area contributed by atoms with Gasteiger partial charge in [0.15, 0.2) is 6.10 Å². The molecule has 0 aliphatic carbocycles. The molecule has 4 rings (SSSR count). The number of carbonyl (C=O) groups is 2. The Morgan fingerprint density at radius 1 is 1.15 bits per heavy atom. The number of ether oxygens (including phenoxy) is 1. The summed E-state index contributed by atoms with van der Waals surface area (Å²) in [7, 11) is 0. The van der Waals surface area contributed by atoms with E-state index in [9.17, 15) is 24.6 Å². The standard InChI is InChI=1S/C24H22N2O7/c1-12-7-22(28)33-21-10-16(4-5-17(12)21)32-13(2)23(29)26-20(24(30)31)8-14-11-25-19-6-3-15(27)9-18(14)19/h3-7,9-11,13,20,25,27H,8H2,1-2H3,(H,26,29)(H,30,31)/t13-,20-/m1/s1. The van der Waals surface area contributed by atoms with Crippen molar-refractivity contribution in [3.8, 4) is 11.5 Å². The van der Waals surface area contributed by atoms with Crippen molar-refractivity contribution < 1.29 is 29.0 Å². The second-order valence-electron chi connectivity index (χ2n) is 7.81. The number of amides is 1. The van der Waals surface area contributed by atoms with Crippen LogP contribution in [0.4, 0.5) is 0 Å². The van der Waals surface area contributed by atoms with Crippen LogP contribution in [0.1, 0.15) is 18.1 Å². The third kappa shape index (κ3) is 4.67. The van der Waals surface area contributed by atoms with Crippen LogP contribution in [0, 0.1) is 6.92 Å². The van der Waals surface area contributed by atoms with Gasteiger partial charge in [0.05, 0.1) is 0 Å². The molecule has 1 amide bonds. The highest BCUT2D eigenvalue weighted by Crippen LogP contribution is 2.25. The number of hydrogen-bond acceptors (Lipinski definition) is 6. The number of phenols is 1. The minimum Gasteiger partial charge on any atom is -0.508 e. The molecule has 0 radical (unpaired) electrons. The molecular weight excluding hydrogens is 428 g/mol. The van der Waals surface area contributed by atoms with E-state index >= 15 is 0 Å². The predicted molar refractivity (Wildman–Crippen MR) is 121 cm³/mol. The summed E-state index contributed by atoms with van der Waals surface area (Å²) in [6, 6.07) is 9.81. The molecule has 0 aliphatic heterocycles. The molecule has 170 valence electrons. The second kappa shape index (κ2) is 8.70. The number of aromatic hydroxyl groups is 1. The van der Waals surface area contributed by atoms with E-state index < -0.39 is 29.6 Å². The van der Waals surface area contributed by atoms with Crippen molar-refractivity contribution in [1.29, 1.82) is 0 Å². The number of aryl methyl sites for hydroxylation is 1. The number of nitrogens with one attached hydrogen (secondary N) is 2. The first-order chi connectivity index (χ1) is 15.7. The summed E-state index contributed by atoms with van der Waals surface area (Å²) in [6.07, 6.45) is 0.655. The molecular formula is C24H22N2O7. The average molecular weight is 450 g/mol. The van der Waals surface area contributed by atoms with Crippen LogP contribution < -0.4 is 15.7 Å². The number of aromatic nitrogens is 1. The Kier molecular flexibility index (Phi) is 5.78. The van der Waals surface area contributed by atoms with Crippen LogP contribution in [0.3, 0.4) is 0 Å². The van der Waals surface area contributed by atoms with E-state index in [1.54, 1.807) is 31.3 Å². The molecule has 2 heterocycles. The van der Waals surface area contributed by atoms with Gasteiger partial charge in [0.2, 0.25) is 0 Å². The Morgan fingerprint density at radius 2 is 1.94 bits per heavy atom.